The number of nitrogens with zero attached hydrogens (tertiary/aromatic N) is 5. The molecule has 2 aromatic rings. The predicted molar refractivity (Wildman–Crippen MR) is 134 cm³/mol. The topological polar surface area (TPSA) is 76.1 Å². The molecule has 33 heavy (non-hydrogen) atoms. The third-order valence-corrected chi connectivity index (χ3v) is 6.25. The third-order valence-electron chi connectivity index (χ3n) is 6.25. The number of rotatable bonds is 7. The summed E-state index contributed by atoms with van der Waals surface area (Å²) >= 11 is 0. The molecule has 2 N–H and O–H groups in total. The largest absolute Gasteiger partial charge is 0.357 e. The number of carbonyl (C=O) groups is 1. The standard InChI is InChI=1S/C25H35N7O/c1-3-26-25(29-21-16-24(33)32(19-21)22-8-6-5-7-9-22)28-18-20-10-11-23(27-17-20)31-14-12-30(4-2)13-15-31/h5-11,17,21H,3-4,12-16,18-19H2,1-2H3,(H2,26,28,29). The Hall–Kier alpha value is -3.13. The number of para-hydroxylation sites is 1. The number of anilines is 2. The second-order valence-corrected chi connectivity index (χ2v) is 8.53. The first-order chi connectivity index (χ1) is 16.2. The zero-order valence-electron chi connectivity index (χ0n) is 19.7. The summed E-state index contributed by atoms with van der Waals surface area (Å²) in [5, 5.41) is 6.73. The lowest BCUT2D eigenvalue weighted by Gasteiger charge is -2.34. The highest BCUT2D eigenvalue weighted by Crippen LogP contribution is 2.21. The maximum atomic E-state index is 12.5. The van der Waals surface area contributed by atoms with Crippen LogP contribution < -0.4 is 20.4 Å². The van der Waals surface area contributed by atoms with Crippen LogP contribution in [-0.2, 0) is 11.3 Å². The van der Waals surface area contributed by atoms with Gasteiger partial charge in [-0.25, -0.2) is 9.98 Å². The molecule has 2 saturated heterocycles. The molecule has 1 aromatic carbocycles. The molecule has 3 heterocycles. The number of hydrogen-bond donors (Lipinski definition) is 2. The lowest BCUT2D eigenvalue weighted by atomic mass is 10.2. The monoisotopic (exact) mass is 449 g/mol. The van der Waals surface area contributed by atoms with E-state index in [1.165, 1.54) is 0 Å². The van der Waals surface area contributed by atoms with Crippen LogP contribution in [0, 0.1) is 0 Å². The summed E-state index contributed by atoms with van der Waals surface area (Å²) in [4.78, 5) is 28.6. The Morgan fingerprint density at radius 3 is 2.55 bits per heavy atom. The molecule has 0 spiro atoms. The van der Waals surface area contributed by atoms with Gasteiger partial charge in [-0.1, -0.05) is 31.2 Å². The summed E-state index contributed by atoms with van der Waals surface area (Å²) in [6.45, 7) is 11.5. The first-order valence-corrected chi connectivity index (χ1v) is 12.0. The maximum absolute atomic E-state index is 12.5. The van der Waals surface area contributed by atoms with Crippen molar-refractivity contribution in [3.63, 3.8) is 0 Å². The van der Waals surface area contributed by atoms with Gasteiger partial charge in [-0.15, -0.1) is 0 Å². The zero-order chi connectivity index (χ0) is 23.0. The van der Waals surface area contributed by atoms with Crippen molar-refractivity contribution >= 4 is 23.4 Å². The Kier molecular flexibility index (Phi) is 7.78. The molecule has 0 aliphatic carbocycles. The summed E-state index contributed by atoms with van der Waals surface area (Å²) in [5.41, 5.74) is 2.01. The van der Waals surface area contributed by atoms with Crippen LogP contribution in [0.25, 0.3) is 0 Å². The molecule has 0 bridgehead atoms. The van der Waals surface area contributed by atoms with Crippen LogP contribution in [0.1, 0.15) is 25.8 Å². The lowest BCUT2D eigenvalue weighted by Crippen LogP contribution is -2.46. The maximum Gasteiger partial charge on any atom is 0.229 e. The Morgan fingerprint density at radius 1 is 1.09 bits per heavy atom. The van der Waals surface area contributed by atoms with Crippen LogP contribution in [0.4, 0.5) is 11.5 Å². The highest BCUT2D eigenvalue weighted by atomic mass is 16.2. The summed E-state index contributed by atoms with van der Waals surface area (Å²) in [5.74, 6) is 1.90. The van der Waals surface area contributed by atoms with Crippen LogP contribution in [0.3, 0.4) is 0 Å². The van der Waals surface area contributed by atoms with Gasteiger partial charge < -0.3 is 25.3 Å². The van der Waals surface area contributed by atoms with E-state index in [1.807, 2.05) is 48.4 Å². The number of amides is 1. The number of aliphatic imine (C=N–C) groups is 1. The molecule has 1 amide bonds. The average molecular weight is 450 g/mol. The van der Waals surface area contributed by atoms with Gasteiger partial charge in [0.25, 0.3) is 0 Å². The van der Waals surface area contributed by atoms with E-state index in [4.69, 9.17) is 4.99 Å². The highest BCUT2D eigenvalue weighted by Gasteiger charge is 2.31. The molecule has 4 rings (SSSR count). The number of likely N-dealkylation sites (N-methyl/N-ethyl adjacent to an activating group) is 1. The fourth-order valence-corrected chi connectivity index (χ4v) is 4.34. The van der Waals surface area contributed by atoms with Gasteiger partial charge in [0.15, 0.2) is 5.96 Å². The van der Waals surface area contributed by atoms with Gasteiger partial charge in [-0.3, -0.25) is 4.79 Å². The van der Waals surface area contributed by atoms with Crippen molar-refractivity contribution in [2.45, 2.75) is 32.9 Å². The number of piperazine rings is 1. The van der Waals surface area contributed by atoms with E-state index in [0.717, 1.165) is 62.3 Å². The minimum atomic E-state index is 0.0257. The van der Waals surface area contributed by atoms with Crippen molar-refractivity contribution in [3.8, 4) is 0 Å². The van der Waals surface area contributed by atoms with E-state index in [0.29, 0.717) is 19.5 Å². The fourth-order valence-electron chi connectivity index (χ4n) is 4.34. The van der Waals surface area contributed by atoms with Gasteiger partial charge in [0.2, 0.25) is 5.91 Å². The summed E-state index contributed by atoms with van der Waals surface area (Å²) in [6.07, 6.45) is 2.38. The van der Waals surface area contributed by atoms with Crippen LogP contribution >= 0.6 is 0 Å². The van der Waals surface area contributed by atoms with Crippen molar-refractivity contribution < 1.29 is 4.79 Å². The molecule has 176 valence electrons. The summed E-state index contributed by atoms with van der Waals surface area (Å²) in [7, 11) is 0. The van der Waals surface area contributed by atoms with Gasteiger partial charge in [0, 0.05) is 57.6 Å². The molecule has 1 unspecified atom stereocenters. The van der Waals surface area contributed by atoms with Gasteiger partial charge in [-0.05, 0) is 37.2 Å². The molecule has 1 aromatic heterocycles. The van der Waals surface area contributed by atoms with Crippen LogP contribution in [0.2, 0.25) is 0 Å². The SMILES string of the molecule is CCNC(=NCc1ccc(N2CCN(CC)CC2)nc1)NC1CC(=O)N(c2ccccc2)C1. The molecular weight excluding hydrogens is 414 g/mol. The molecule has 2 aliphatic heterocycles. The Morgan fingerprint density at radius 2 is 1.88 bits per heavy atom. The first kappa shape index (κ1) is 23.0. The molecule has 2 fully saturated rings. The summed E-state index contributed by atoms with van der Waals surface area (Å²) < 4.78 is 0. The first-order valence-electron chi connectivity index (χ1n) is 12.0. The molecule has 8 heteroatoms. The number of aromatic nitrogens is 1. The molecule has 0 radical (unpaired) electrons. The van der Waals surface area contributed by atoms with Crippen molar-refractivity contribution in [1.29, 1.82) is 0 Å². The zero-order valence-corrected chi connectivity index (χ0v) is 19.7. The second kappa shape index (κ2) is 11.1. The Labute approximate surface area is 196 Å². The fraction of sp³-hybridized carbons (Fsp3) is 0.480. The number of hydrogen-bond acceptors (Lipinski definition) is 5. The molecule has 8 nitrogen and oxygen atoms in total. The number of nitrogens with one attached hydrogen (secondary N) is 2. The smallest absolute Gasteiger partial charge is 0.229 e. The van der Waals surface area contributed by atoms with Gasteiger partial charge in [-0.2, -0.15) is 0 Å². The third kappa shape index (κ3) is 6.01. The Bertz CT molecular complexity index is 924. The van der Waals surface area contributed by atoms with E-state index in [-0.39, 0.29) is 11.9 Å². The highest BCUT2D eigenvalue weighted by molar-refractivity contribution is 5.97. The van der Waals surface area contributed by atoms with E-state index in [9.17, 15) is 4.79 Å². The van der Waals surface area contributed by atoms with Gasteiger partial charge in [0.1, 0.15) is 5.82 Å². The van der Waals surface area contributed by atoms with E-state index < -0.39 is 0 Å². The van der Waals surface area contributed by atoms with Crippen molar-refractivity contribution in [2.75, 3.05) is 55.6 Å². The van der Waals surface area contributed by atoms with E-state index in [1.54, 1.807) is 0 Å². The predicted octanol–water partition coefficient (Wildman–Crippen LogP) is 2.08. The number of carbonyl (C=O) groups excluding carboxylic acids is 1. The molecule has 1 atom stereocenters. The van der Waals surface area contributed by atoms with Crippen LogP contribution in [0.5, 0.6) is 0 Å². The van der Waals surface area contributed by atoms with Crippen molar-refractivity contribution in [2.24, 2.45) is 4.99 Å². The van der Waals surface area contributed by atoms with Crippen molar-refractivity contribution in [3.05, 3.63) is 54.2 Å². The second-order valence-electron chi connectivity index (χ2n) is 8.53. The summed E-state index contributed by atoms with van der Waals surface area (Å²) in [6, 6.07) is 14.1. The van der Waals surface area contributed by atoms with Gasteiger partial charge in [0.05, 0.1) is 12.6 Å². The Balaban J connectivity index is 1.33. The van der Waals surface area contributed by atoms with E-state index >= 15 is 0 Å². The van der Waals surface area contributed by atoms with Crippen molar-refractivity contribution in [1.82, 2.24) is 20.5 Å². The minimum absolute atomic E-state index is 0.0257. The lowest BCUT2D eigenvalue weighted by molar-refractivity contribution is -0.117. The number of guanidine groups is 1. The van der Waals surface area contributed by atoms with Crippen LogP contribution in [0.15, 0.2) is 53.7 Å². The minimum Gasteiger partial charge on any atom is -0.357 e. The molecule has 0 saturated carbocycles. The molecular formula is C25H35N7O. The average Bonchev–Trinajstić information content (AvgIpc) is 3.23. The quantitative estimate of drug-likeness (QED) is 0.498. The van der Waals surface area contributed by atoms with E-state index in [2.05, 4.69) is 44.5 Å². The number of benzene rings is 1. The normalized spacial score (nSPS) is 19.8. The molecule has 2 aliphatic rings. The number of pyridine rings is 1. The van der Waals surface area contributed by atoms with Gasteiger partial charge >= 0.3 is 0 Å². The van der Waals surface area contributed by atoms with Crippen LogP contribution in [-0.4, -0.2) is 73.6 Å².